The Balaban J connectivity index is 2.09. The summed E-state index contributed by atoms with van der Waals surface area (Å²) in [6, 6.07) is 15.2. The van der Waals surface area contributed by atoms with E-state index in [-0.39, 0.29) is 5.91 Å². The standard InChI is InChI=1S/C15H15ClN2O/c1-11(19)18-15-8-3-2-5-12(15)10-17-14-7-4-6-13(16)9-14/h2-9,17H,10H2,1H3,(H,18,19). The number of hydrogen-bond acceptors (Lipinski definition) is 2. The zero-order chi connectivity index (χ0) is 13.7. The lowest BCUT2D eigenvalue weighted by Gasteiger charge is -2.11. The van der Waals surface area contributed by atoms with Crippen LogP contribution in [0, 0.1) is 0 Å². The average Bonchev–Trinajstić information content (AvgIpc) is 2.37. The van der Waals surface area contributed by atoms with Crippen molar-refractivity contribution in [2.45, 2.75) is 13.5 Å². The van der Waals surface area contributed by atoms with Crippen LogP contribution in [0.5, 0.6) is 0 Å². The molecule has 0 aromatic heterocycles. The number of carbonyl (C=O) groups excluding carboxylic acids is 1. The summed E-state index contributed by atoms with van der Waals surface area (Å²) >= 11 is 5.93. The lowest BCUT2D eigenvalue weighted by atomic mass is 10.1. The molecule has 0 heterocycles. The van der Waals surface area contributed by atoms with E-state index in [1.165, 1.54) is 6.92 Å². The Bertz CT molecular complexity index is 584. The summed E-state index contributed by atoms with van der Waals surface area (Å²) in [5.41, 5.74) is 2.80. The van der Waals surface area contributed by atoms with Crippen LogP contribution in [0.15, 0.2) is 48.5 Å². The molecule has 4 heteroatoms. The summed E-state index contributed by atoms with van der Waals surface area (Å²) in [4.78, 5) is 11.1. The average molecular weight is 275 g/mol. The van der Waals surface area contributed by atoms with Crippen molar-refractivity contribution in [2.75, 3.05) is 10.6 Å². The molecule has 19 heavy (non-hydrogen) atoms. The molecule has 1 amide bonds. The molecule has 0 aliphatic carbocycles. The summed E-state index contributed by atoms with van der Waals surface area (Å²) in [6.07, 6.45) is 0. The first-order chi connectivity index (χ1) is 9.15. The molecule has 0 atom stereocenters. The molecular formula is C15H15ClN2O. The zero-order valence-corrected chi connectivity index (χ0v) is 11.4. The fraction of sp³-hybridized carbons (Fsp3) is 0.133. The number of benzene rings is 2. The van der Waals surface area contributed by atoms with Gasteiger partial charge in [0.1, 0.15) is 0 Å². The molecule has 0 fully saturated rings. The van der Waals surface area contributed by atoms with Crippen molar-refractivity contribution in [1.82, 2.24) is 0 Å². The molecule has 0 saturated heterocycles. The maximum absolute atomic E-state index is 11.1. The normalized spacial score (nSPS) is 10.0. The fourth-order valence-corrected chi connectivity index (χ4v) is 1.97. The first-order valence-electron chi connectivity index (χ1n) is 6.00. The first-order valence-corrected chi connectivity index (χ1v) is 6.38. The Morgan fingerprint density at radius 3 is 2.68 bits per heavy atom. The van der Waals surface area contributed by atoms with E-state index in [0.29, 0.717) is 11.6 Å². The molecule has 0 bridgehead atoms. The van der Waals surface area contributed by atoms with Crippen LogP contribution in [-0.4, -0.2) is 5.91 Å². The minimum Gasteiger partial charge on any atom is -0.381 e. The van der Waals surface area contributed by atoms with Gasteiger partial charge in [0.05, 0.1) is 0 Å². The van der Waals surface area contributed by atoms with Crippen LogP contribution < -0.4 is 10.6 Å². The van der Waals surface area contributed by atoms with Gasteiger partial charge >= 0.3 is 0 Å². The molecule has 2 aromatic carbocycles. The third-order valence-corrected chi connectivity index (χ3v) is 2.87. The summed E-state index contributed by atoms with van der Waals surface area (Å²) in [5, 5.41) is 6.79. The van der Waals surface area contributed by atoms with Gasteiger partial charge in [-0.3, -0.25) is 4.79 Å². The van der Waals surface area contributed by atoms with Crippen molar-refractivity contribution in [1.29, 1.82) is 0 Å². The fourth-order valence-electron chi connectivity index (χ4n) is 1.78. The van der Waals surface area contributed by atoms with Gasteiger partial charge in [-0.2, -0.15) is 0 Å². The minimum absolute atomic E-state index is 0.0739. The number of hydrogen-bond donors (Lipinski definition) is 2. The summed E-state index contributed by atoms with van der Waals surface area (Å²) in [5.74, 6) is -0.0739. The van der Waals surface area contributed by atoms with E-state index in [2.05, 4.69) is 10.6 Å². The molecule has 0 unspecified atom stereocenters. The quantitative estimate of drug-likeness (QED) is 0.887. The van der Waals surface area contributed by atoms with Gasteiger partial charge in [-0.15, -0.1) is 0 Å². The molecule has 2 rings (SSSR count). The van der Waals surface area contributed by atoms with Crippen molar-refractivity contribution < 1.29 is 4.79 Å². The van der Waals surface area contributed by atoms with E-state index in [1.54, 1.807) is 0 Å². The van der Waals surface area contributed by atoms with Gasteiger partial charge < -0.3 is 10.6 Å². The maximum atomic E-state index is 11.1. The Hall–Kier alpha value is -2.00. The third-order valence-electron chi connectivity index (χ3n) is 2.64. The highest BCUT2D eigenvalue weighted by atomic mass is 35.5. The van der Waals surface area contributed by atoms with Crippen molar-refractivity contribution in [3.05, 3.63) is 59.1 Å². The highest BCUT2D eigenvalue weighted by Crippen LogP contribution is 2.19. The van der Waals surface area contributed by atoms with Crippen LogP contribution in [0.25, 0.3) is 0 Å². The third kappa shape index (κ3) is 4.00. The number of para-hydroxylation sites is 1. The van der Waals surface area contributed by atoms with Gasteiger partial charge in [0.25, 0.3) is 0 Å². The van der Waals surface area contributed by atoms with Gasteiger partial charge in [-0.05, 0) is 29.8 Å². The van der Waals surface area contributed by atoms with Crippen LogP contribution >= 0.6 is 11.6 Å². The van der Waals surface area contributed by atoms with Crippen LogP contribution in [0.3, 0.4) is 0 Å². The zero-order valence-electron chi connectivity index (χ0n) is 10.6. The largest absolute Gasteiger partial charge is 0.381 e. The van der Waals surface area contributed by atoms with E-state index in [9.17, 15) is 4.79 Å². The molecule has 0 aliphatic heterocycles. The molecule has 0 aliphatic rings. The van der Waals surface area contributed by atoms with Gasteiger partial charge in [0.15, 0.2) is 0 Å². The molecule has 0 radical (unpaired) electrons. The molecular weight excluding hydrogens is 260 g/mol. The van der Waals surface area contributed by atoms with Crippen molar-refractivity contribution in [2.24, 2.45) is 0 Å². The Morgan fingerprint density at radius 2 is 1.95 bits per heavy atom. The maximum Gasteiger partial charge on any atom is 0.221 e. The van der Waals surface area contributed by atoms with Gasteiger partial charge in [-0.25, -0.2) is 0 Å². The van der Waals surface area contributed by atoms with E-state index in [0.717, 1.165) is 16.9 Å². The van der Waals surface area contributed by atoms with Gasteiger partial charge in [0, 0.05) is 29.9 Å². The second kappa shape index (κ2) is 6.25. The monoisotopic (exact) mass is 274 g/mol. The Labute approximate surface area is 117 Å². The van der Waals surface area contributed by atoms with Crippen molar-refractivity contribution in [3.8, 4) is 0 Å². The summed E-state index contributed by atoms with van der Waals surface area (Å²) < 4.78 is 0. The Morgan fingerprint density at radius 1 is 1.16 bits per heavy atom. The number of halogens is 1. The summed E-state index contributed by atoms with van der Waals surface area (Å²) in [6.45, 7) is 2.12. The second-order valence-electron chi connectivity index (χ2n) is 4.20. The van der Waals surface area contributed by atoms with Crippen molar-refractivity contribution in [3.63, 3.8) is 0 Å². The van der Waals surface area contributed by atoms with Crippen LogP contribution in [0.1, 0.15) is 12.5 Å². The van der Waals surface area contributed by atoms with E-state index in [4.69, 9.17) is 11.6 Å². The number of amides is 1. The van der Waals surface area contributed by atoms with E-state index >= 15 is 0 Å². The molecule has 0 saturated carbocycles. The number of anilines is 2. The topological polar surface area (TPSA) is 41.1 Å². The predicted octanol–water partition coefficient (Wildman–Crippen LogP) is 3.91. The number of nitrogens with one attached hydrogen (secondary N) is 2. The van der Waals surface area contributed by atoms with Gasteiger partial charge in [0.2, 0.25) is 5.91 Å². The molecule has 2 aromatic rings. The van der Waals surface area contributed by atoms with Crippen LogP contribution in [0.2, 0.25) is 5.02 Å². The molecule has 2 N–H and O–H groups in total. The molecule has 0 spiro atoms. The molecule has 3 nitrogen and oxygen atoms in total. The SMILES string of the molecule is CC(=O)Nc1ccccc1CNc1cccc(Cl)c1. The first kappa shape index (κ1) is 13.4. The summed E-state index contributed by atoms with van der Waals surface area (Å²) in [7, 11) is 0. The van der Waals surface area contributed by atoms with E-state index < -0.39 is 0 Å². The van der Waals surface area contributed by atoms with Gasteiger partial charge in [-0.1, -0.05) is 35.9 Å². The number of rotatable bonds is 4. The lowest BCUT2D eigenvalue weighted by Crippen LogP contribution is -2.10. The highest BCUT2D eigenvalue weighted by molar-refractivity contribution is 6.30. The van der Waals surface area contributed by atoms with Crippen LogP contribution in [-0.2, 0) is 11.3 Å². The van der Waals surface area contributed by atoms with Crippen LogP contribution in [0.4, 0.5) is 11.4 Å². The number of carbonyl (C=O) groups is 1. The smallest absolute Gasteiger partial charge is 0.221 e. The minimum atomic E-state index is -0.0739. The second-order valence-corrected chi connectivity index (χ2v) is 4.64. The highest BCUT2D eigenvalue weighted by Gasteiger charge is 2.03. The Kier molecular flexibility index (Phi) is 4.42. The lowest BCUT2D eigenvalue weighted by molar-refractivity contribution is -0.114. The van der Waals surface area contributed by atoms with E-state index in [1.807, 2.05) is 48.5 Å². The van der Waals surface area contributed by atoms with Crippen molar-refractivity contribution >= 4 is 28.9 Å². The molecule has 98 valence electrons. The predicted molar refractivity (Wildman–Crippen MR) is 79.5 cm³/mol.